The molecule has 1 rings (SSSR count). The van der Waals surface area contributed by atoms with Crippen LogP contribution >= 0.6 is 0 Å². The SMILES string of the molecule is COc1ccc(CC(C)NC(C)=O)cc1. The summed E-state index contributed by atoms with van der Waals surface area (Å²) in [7, 11) is 1.65. The Bertz CT molecular complexity index is 319. The predicted octanol–water partition coefficient (Wildman–Crippen LogP) is 1.76. The number of methoxy groups -OCH3 is 1. The maximum Gasteiger partial charge on any atom is 0.217 e. The molecule has 3 nitrogen and oxygen atoms in total. The smallest absolute Gasteiger partial charge is 0.217 e. The molecule has 1 unspecified atom stereocenters. The van der Waals surface area contributed by atoms with Gasteiger partial charge in [-0.1, -0.05) is 12.1 Å². The van der Waals surface area contributed by atoms with Gasteiger partial charge in [0.05, 0.1) is 7.11 Å². The van der Waals surface area contributed by atoms with E-state index in [-0.39, 0.29) is 11.9 Å². The summed E-state index contributed by atoms with van der Waals surface area (Å²) in [4.78, 5) is 10.8. The van der Waals surface area contributed by atoms with Crippen LogP contribution in [0.2, 0.25) is 0 Å². The minimum Gasteiger partial charge on any atom is -0.497 e. The third-order valence-electron chi connectivity index (χ3n) is 2.15. The molecule has 1 atom stereocenters. The van der Waals surface area contributed by atoms with Crippen LogP contribution in [0.3, 0.4) is 0 Å². The molecule has 82 valence electrons. The zero-order chi connectivity index (χ0) is 11.3. The second kappa shape index (κ2) is 5.39. The molecule has 0 saturated heterocycles. The van der Waals surface area contributed by atoms with Gasteiger partial charge in [0.1, 0.15) is 5.75 Å². The Morgan fingerprint density at radius 1 is 1.40 bits per heavy atom. The summed E-state index contributed by atoms with van der Waals surface area (Å²) in [5.41, 5.74) is 1.19. The summed E-state index contributed by atoms with van der Waals surface area (Å²) in [5.74, 6) is 0.863. The van der Waals surface area contributed by atoms with Crippen molar-refractivity contribution in [1.82, 2.24) is 5.32 Å². The number of hydrogen-bond donors (Lipinski definition) is 1. The van der Waals surface area contributed by atoms with E-state index in [2.05, 4.69) is 5.32 Å². The van der Waals surface area contributed by atoms with E-state index in [1.165, 1.54) is 12.5 Å². The molecule has 0 radical (unpaired) electrons. The Balaban J connectivity index is 2.53. The molecule has 0 spiro atoms. The van der Waals surface area contributed by atoms with Crippen molar-refractivity contribution in [3.8, 4) is 5.75 Å². The molecule has 0 fully saturated rings. The van der Waals surface area contributed by atoms with E-state index in [4.69, 9.17) is 4.74 Å². The summed E-state index contributed by atoms with van der Waals surface area (Å²) in [6.07, 6.45) is 0.837. The van der Waals surface area contributed by atoms with Gasteiger partial charge in [0.15, 0.2) is 0 Å². The van der Waals surface area contributed by atoms with Crippen LogP contribution in [0.5, 0.6) is 5.75 Å². The van der Waals surface area contributed by atoms with Gasteiger partial charge in [-0.05, 0) is 31.0 Å². The van der Waals surface area contributed by atoms with Crippen LogP contribution in [0.4, 0.5) is 0 Å². The van der Waals surface area contributed by atoms with Crippen molar-refractivity contribution in [1.29, 1.82) is 0 Å². The molecule has 1 N–H and O–H groups in total. The van der Waals surface area contributed by atoms with Gasteiger partial charge >= 0.3 is 0 Å². The van der Waals surface area contributed by atoms with Gasteiger partial charge in [0, 0.05) is 13.0 Å². The largest absolute Gasteiger partial charge is 0.497 e. The van der Waals surface area contributed by atoms with E-state index in [1.54, 1.807) is 7.11 Å². The average Bonchev–Trinajstić information content (AvgIpc) is 2.17. The highest BCUT2D eigenvalue weighted by Crippen LogP contribution is 2.12. The van der Waals surface area contributed by atoms with E-state index in [0.717, 1.165) is 12.2 Å². The van der Waals surface area contributed by atoms with E-state index in [0.29, 0.717) is 0 Å². The van der Waals surface area contributed by atoms with Crippen molar-refractivity contribution in [3.63, 3.8) is 0 Å². The van der Waals surface area contributed by atoms with Gasteiger partial charge in [0.25, 0.3) is 0 Å². The van der Waals surface area contributed by atoms with Gasteiger partial charge in [-0.15, -0.1) is 0 Å². The molecule has 3 heteroatoms. The highest BCUT2D eigenvalue weighted by atomic mass is 16.5. The lowest BCUT2D eigenvalue weighted by Crippen LogP contribution is -2.31. The van der Waals surface area contributed by atoms with Crippen LogP contribution in [0.15, 0.2) is 24.3 Å². The van der Waals surface area contributed by atoms with Gasteiger partial charge in [0.2, 0.25) is 5.91 Å². The fraction of sp³-hybridized carbons (Fsp3) is 0.417. The van der Waals surface area contributed by atoms with Crippen molar-refractivity contribution in [2.24, 2.45) is 0 Å². The highest BCUT2D eigenvalue weighted by molar-refractivity contribution is 5.73. The average molecular weight is 207 g/mol. The third kappa shape index (κ3) is 4.02. The van der Waals surface area contributed by atoms with Crippen LogP contribution < -0.4 is 10.1 Å². The monoisotopic (exact) mass is 207 g/mol. The summed E-state index contributed by atoms with van der Waals surface area (Å²) in [5, 5.41) is 2.85. The van der Waals surface area contributed by atoms with Gasteiger partial charge in [-0.25, -0.2) is 0 Å². The molecule has 0 aromatic heterocycles. The molecular formula is C12H17NO2. The van der Waals surface area contributed by atoms with Crippen LogP contribution in [0, 0.1) is 0 Å². The number of benzene rings is 1. The maximum atomic E-state index is 10.8. The number of amides is 1. The number of hydrogen-bond acceptors (Lipinski definition) is 2. The first-order chi connectivity index (χ1) is 7.11. The van der Waals surface area contributed by atoms with Crippen LogP contribution in [0.1, 0.15) is 19.4 Å². The summed E-state index contributed by atoms with van der Waals surface area (Å²) in [6.45, 7) is 3.52. The van der Waals surface area contributed by atoms with Crippen molar-refractivity contribution in [2.75, 3.05) is 7.11 Å². The first-order valence-electron chi connectivity index (χ1n) is 5.02. The number of carbonyl (C=O) groups is 1. The van der Waals surface area contributed by atoms with E-state index in [1.807, 2.05) is 31.2 Å². The van der Waals surface area contributed by atoms with Crippen molar-refractivity contribution in [3.05, 3.63) is 29.8 Å². The molecule has 1 aromatic rings. The Kier molecular flexibility index (Phi) is 4.16. The lowest BCUT2D eigenvalue weighted by Gasteiger charge is -2.12. The molecule has 15 heavy (non-hydrogen) atoms. The first-order valence-corrected chi connectivity index (χ1v) is 5.02. The van der Waals surface area contributed by atoms with Gasteiger partial charge in [-0.3, -0.25) is 4.79 Å². The number of ether oxygens (including phenoxy) is 1. The van der Waals surface area contributed by atoms with E-state index in [9.17, 15) is 4.79 Å². The van der Waals surface area contributed by atoms with Crippen molar-refractivity contribution in [2.45, 2.75) is 26.3 Å². The zero-order valence-electron chi connectivity index (χ0n) is 9.41. The molecule has 0 bridgehead atoms. The van der Waals surface area contributed by atoms with Crippen LogP contribution in [-0.2, 0) is 11.2 Å². The topological polar surface area (TPSA) is 38.3 Å². The van der Waals surface area contributed by atoms with Gasteiger partial charge in [-0.2, -0.15) is 0 Å². The fourth-order valence-corrected chi connectivity index (χ4v) is 1.51. The lowest BCUT2D eigenvalue weighted by molar-refractivity contribution is -0.119. The number of rotatable bonds is 4. The molecule has 0 heterocycles. The standard InChI is InChI=1S/C12H17NO2/c1-9(13-10(2)14)8-11-4-6-12(15-3)7-5-11/h4-7,9H,8H2,1-3H3,(H,13,14). The highest BCUT2D eigenvalue weighted by Gasteiger charge is 2.04. The molecule has 1 amide bonds. The predicted molar refractivity (Wildman–Crippen MR) is 60.0 cm³/mol. The Labute approximate surface area is 90.4 Å². The lowest BCUT2D eigenvalue weighted by atomic mass is 10.1. The Morgan fingerprint density at radius 2 is 2.00 bits per heavy atom. The summed E-state index contributed by atoms with van der Waals surface area (Å²) >= 11 is 0. The zero-order valence-corrected chi connectivity index (χ0v) is 9.41. The molecule has 0 aliphatic heterocycles. The molecule has 0 saturated carbocycles. The maximum absolute atomic E-state index is 10.8. The van der Waals surface area contributed by atoms with Crippen molar-refractivity contribution >= 4 is 5.91 Å². The first kappa shape index (κ1) is 11.6. The Morgan fingerprint density at radius 3 is 2.47 bits per heavy atom. The number of carbonyl (C=O) groups excluding carboxylic acids is 1. The summed E-state index contributed by atoms with van der Waals surface area (Å²) < 4.78 is 5.07. The quantitative estimate of drug-likeness (QED) is 0.817. The Hall–Kier alpha value is -1.51. The molecular weight excluding hydrogens is 190 g/mol. The third-order valence-corrected chi connectivity index (χ3v) is 2.15. The van der Waals surface area contributed by atoms with Crippen molar-refractivity contribution < 1.29 is 9.53 Å². The van der Waals surface area contributed by atoms with Gasteiger partial charge < -0.3 is 10.1 Å². The normalized spacial score (nSPS) is 11.9. The van der Waals surface area contributed by atoms with Crippen LogP contribution in [0.25, 0.3) is 0 Å². The van der Waals surface area contributed by atoms with Crippen LogP contribution in [-0.4, -0.2) is 19.1 Å². The minimum atomic E-state index is 0.0102. The number of nitrogens with one attached hydrogen (secondary N) is 1. The second-order valence-corrected chi connectivity index (χ2v) is 3.65. The molecule has 0 aliphatic rings. The van der Waals surface area contributed by atoms with E-state index >= 15 is 0 Å². The van der Waals surface area contributed by atoms with E-state index < -0.39 is 0 Å². The second-order valence-electron chi connectivity index (χ2n) is 3.65. The molecule has 0 aliphatic carbocycles. The summed E-state index contributed by atoms with van der Waals surface area (Å²) in [6, 6.07) is 8.04. The minimum absolute atomic E-state index is 0.0102. The molecule has 1 aromatic carbocycles. The fourth-order valence-electron chi connectivity index (χ4n) is 1.51.